The number of rotatable bonds is 0. The van der Waals surface area contributed by atoms with Crippen LogP contribution in [-0.4, -0.2) is 15.0 Å². The summed E-state index contributed by atoms with van der Waals surface area (Å²) in [6, 6.07) is 0. The Morgan fingerprint density at radius 2 is 2.38 bits per heavy atom. The zero-order chi connectivity index (χ0) is 6.20. The summed E-state index contributed by atoms with van der Waals surface area (Å²) in [5, 5.41) is -1.18. The Balaban J connectivity index is 3.08. The van der Waals surface area contributed by atoms with Gasteiger partial charge in [-0.15, -0.1) is 0 Å². The monoisotopic (exact) mass is 138 g/mol. The van der Waals surface area contributed by atoms with E-state index in [1.54, 1.807) is 0 Å². The summed E-state index contributed by atoms with van der Waals surface area (Å²) in [5.74, 6) is 0. The molecule has 8 heavy (non-hydrogen) atoms. The maximum Gasteiger partial charge on any atom is 0.324 e. The Kier molecular flexibility index (Phi) is 1.09. The standard InChI is InChI=1S/C3H3FO3S/c4-3-1-2-7-8(3,5)6/h1H,2H2. The molecule has 3 nitrogen and oxygen atoms in total. The second-order valence-electron chi connectivity index (χ2n) is 1.25. The number of hydrogen-bond acceptors (Lipinski definition) is 3. The Labute approximate surface area is 45.9 Å². The van der Waals surface area contributed by atoms with Crippen molar-refractivity contribution < 1.29 is 17.0 Å². The van der Waals surface area contributed by atoms with E-state index in [0.29, 0.717) is 0 Å². The maximum atomic E-state index is 11.8. The number of halogens is 1. The topological polar surface area (TPSA) is 43.4 Å². The van der Waals surface area contributed by atoms with Gasteiger partial charge in [-0.05, 0) is 6.08 Å². The molecule has 0 aromatic carbocycles. The van der Waals surface area contributed by atoms with Crippen LogP contribution in [0, 0.1) is 0 Å². The van der Waals surface area contributed by atoms with E-state index in [1.165, 1.54) is 0 Å². The van der Waals surface area contributed by atoms with Gasteiger partial charge in [0.05, 0.1) is 6.61 Å². The second-order valence-corrected chi connectivity index (χ2v) is 2.78. The Morgan fingerprint density at radius 1 is 1.75 bits per heavy atom. The molecule has 0 atom stereocenters. The Morgan fingerprint density at radius 3 is 2.50 bits per heavy atom. The SMILES string of the molecule is O=S1(=O)OCC=C1F. The van der Waals surface area contributed by atoms with Crippen molar-refractivity contribution >= 4 is 10.1 Å². The van der Waals surface area contributed by atoms with E-state index >= 15 is 0 Å². The largest absolute Gasteiger partial charge is 0.324 e. The zero-order valence-electron chi connectivity index (χ0n) is 3.80. The lowest BCUT2D eigenvalue weighted by Crippen LogP contribution is -1.96. The molecule has 1 heterocycles. The molecule has 0 saturated heterocycles. The summed E-state index contributed by atoms with van der Waals surface area (Å²) >= 11 is 0. The quantitative estimate of drug-likeness (QED) is 0.448. The maximum absolute atomic E-state index is 11.8. The van der Waals surface area contributed by atoms with Crippen molar-refractivity contribution in [1.82, 2.24) is 0 Å². The molecule has 0 N–H and O–H groups in total. The van der Waals surface area contributed by atoms with Crippen LogP contribution in [0.5, 0.6) is 0 Å². The van der Waals surface area contributed by atoms with Gasteiger partial charge in [-0.25, -0.2) is 0 Å². The van der Waals surface area contributed by atoms with E-state index in [1.807, 2.05) is 0 Å². The lowest BCUT2D eigenvalue weighted by molar-refractivity contribution is 0.372. The normalized spacial score (nSPS) is 25.4. The highest BCUT2D eigenvalue weighted by Gasteiger charge is 2.23. The molecule has 46 valence electrons. The molecule has 0 amide bonds. The first kappa shape index (κ1) is 5.71. The van der Waals surface area contributed by atoms with E-state index in [-0.39, 0.29) is 6.61 Å². The summed E-state index contributed by atoms with van der Waals surface area (Å²) in [6.45, 7) is -0.172. The molecule has 0 radical (unpaired) electrons. The summed E-state index contributed by atoms with van der Waals surface area (Å²) in [5.41, 5.74) is 0. The molecule has 0 aromatic rings. The van der Waals surface area contributed by atoms with Gasteiger partial charge in [-0.3, -0.25) is 4.18 Å². The third-order valence-electron chi connectivity index (χ3n) is 0.706. The molecule has 1 aliphatic rings. The van der Waals surface area contributed by atoms with Crippen LogP contribution in [0.2, 0.25) is 0 Å². The minimum atomic E-state index is -3.93. The predicted octanol–water partition coefficient (Wildman–Crippen LogP) is 0.157. The van der Waals surface area contributed by atoms with Crippen molar-refractivity contribution in [2.75, 3.05) is 6.61 Å². The average molecular weight is 138 g/mol. The summed E-state index contributed by atoms with van der Waals surface area (Å²) in [6.07, 6.45) is 0.870. The van der Waals surface area contributed by atoms with Crippen molar-refractivity contribution in [2.45, 2.75) is 0 Å². The lowest BCUT2D eigenvalue weighted by Gasteiger charge is -1.86. The molecule has 0 unspecified atom stereocenters. The van der Waals surface area contributed by atoms with Gasteiger partial charge in [0, 0.05) is 0 Å². The highest BCUT2D eigenvalue weighted by molar-refractivity contribution is 7.90. The van der Waals surface area contributed by atoms with Crippen LogP contribution < -0.4 is 0 Å². The van der Waals surface area contributed by atoms with Crippen LogP contribution in [0.15, 0.2) is 11.2 Å². The van der Waals surface area contributed by atoms with Gasteiger partial charge in [-0.1, -0.05) is 0 Å². The van der Waals surface area contributed by atoms with Crippen molar-refractivity contribution in [3.05, 3.63) is 11.2 Å². The number of hydrogen-bond donors (Lipinski definition) is 0. The Bertz CT molecular complexity index is 215. The third kappa shape index (κ3) is 0.740. The Hall–Kier alpha value is -0.420. The highest BCUT2D eigenvalue weighted by Crippen LogP contribution is 2.15. The van der Waals surface area contributed by atoms with Gasteiger partial charge in [0.1, 0.15) is 0 Å². The second kappa shape index (κ2) is 1.53. The van der Waals surface area contributed by atoms with E-state index in [2.05, 4.69) is 4.18 Å². The smallest absolute Gasteiger partial charge is 0.260 e. The van der Waals surface area contributed by atoms with Gasteiger partial charge in [-0.2, -0.15) is 12.8 Å². The van der Waals surface area contributed by atoms with Crippen molar-refractivity contribution in [2.24, 2.45) is 0 Å². The summed E-state index contributed by atoms with van der Waals surface area (Å²) in [7, 11) is -3.93. The van der Waals surface area contributed by atoms with Crippen molar-refractivity contribution in [3.8, 4) is 0 Å². The van der Waals surface area contributed by atoms with Crippen molar-refractivity contribution in [1.29, 1.82) is 0 Å². The summed E-state index contributed by atoms with van der Waals surface area (Å²) < 4.78 is 36.0. The van der Waals surface area contributed by atoms with E-state index in [0.717, 1.165) is 6.08 Å². The molecule has 0 saturated carbocycles. The van der Waals surface area contributed by atoms with E-state index in [4.69, 9.17) is 0 Å². The summed E-state index contributed by atoms with van der Waals surface area (Å²) in [4.78, 5) is 0. The van der Waals surface area contributed by atoms with Crippen LogP contribution >= 0.6 is 0 Å². The van der Waals surface area contributed by atoms with E-state index < -0.39 is 15.3 Å². The van der Waals surface area contributed by atoms with Crippen LogP contribution in [0.1, 0.15) is 0 Å². The fourth-order valence-corrected chi connectivity index (χ4v) is 0.979. The molecule has 1 rings (SSSR count). The molecule has 5 heteroatoms. The molecular formula is C3H3FO3S. The predicted molar refractivity (Wildman–Crippen MR) is 24.1 cm³/mol. The van der Waals surface area contributed by atoms with Gasteiger partial charge < -0.3 is 0 Å². The molecule has 0 aliphatic carbocycles. The van der Waals surface area contributed by atoms with Gasteiger partial charge >= 0.3 is 10.1 Å². The van der Waals surface area contributed by atoms with Crippen LogP contribution in [0.4, 0.5) is 4.39 Å². The lowest BCUT2D eigenvalue weighted by atomic mass is 10.7. The fourth-order valence-electron chi connectivity index (χ4n) is 0.347. The zero-order valence-corrected chi connectivity index (χ0v) is 4.61. The minimum absolute atomic E-state index is 0.172. The first-order valence-corrected chi connectivity index (χ1v) is 3.29. The van der Waals surface area contributed by atoms with Crippen LogP contribution in [0.25, 0.3) is 0 Å². The van der Waals surface area contributed by atoms with Crippen molar-refractivity contribution in [3.63, 3.8) is 0 Å². The molecule has 0 fully saturated rings. The average Bonchev–Trinajstić information content (AvgIpc) is 1.86. The molecular weight excluding hydrogens is 135 g/mol. The van der Waals surface area contributed by atoms with E-state index in [9.17, 15) is 12.8 Å². The highest BCUT2D eigenvalue weighted by atomic mass is 32.2. The molecule has 0 spiro atoms. The van der Waals surface area contributed by atoms with Gasteiger partial charge in [0.15, 0.2) is 0 Å². The first-order chi connectivity index (χ1) is 3.63. The third-order valence-corrected chi connectivity index (χ3v) is 1.80. The fraction of sp³-hybridized carbons (Fsp3) is 0.333. The van der Waals surface area contributed by atoms with Crippen LogP contribution in [-0.2, 0) is 14.3 Å². The molecule has 1 aliphatic heterocycles. The van der Waals surface area contributed by atoms with Gasteiger partial charge in [0.2, 0.25) is 5.16 Å². The minimum Gasteiger partial charge on any atom is -0.260 e. The first-order valence-electron chi connectivity index (χ1n) is 1.88. The van der Waals surface area contributed by atoms with Gasteiger partial charge in [0.25, 0.3) is 0 Å². The molecule has 0 aromatic heterocycles. The molecule has 0 bridgehead atoms. The van der Waals surface area contributed by atoms with Crippen LogP contribution in [0.3, 0.4) is 0 Å².